The molecule has 0 bridgehead atoms. The maximum Gasteiger partial charge on any atom is 0.573 e. The smallest absolute Gasteiger partial charge is 0.406 e. The Bertz CT molecular complexity index is 1180. The lowest BCUT2D eigenvalue weighted by Crippen LogP contribution is -2.28. The first-order valence-corrected chi connectivity index (χ1v) is 9.90. The number of aryl methyl sites for hydroxylation is 2. The van der Waals surface area contributed by atoms with Crippen molar-refractivity contribution in [1.82, 2.24) is 19.9 Å². The number of carbonyl (C=O) groups excluding carboxylic acids is 2. The summed E-state index contributed by atoms with van der Waals surface area (Å²) in [6, 6.07) is 4.74. The van der Waals surface area contributed by atoms with Crippen LogP contribution >= 0.6 is 0 Å². The number of ether oxygens (including phenoxy) is 1. The van der Waals surface area contributed by atoms with Gasteiger partial charge >= 0.3 is 6.36 Å². The summed E-state index contributed by atoms with van der Waals surface area (Å²) in [5, 5.41) is 16.9. The first kappa shape index (κ1) is 24.0. The molecule has 12 heteroatoms. The zero-order chi connectivity index (χ0) is 24.3. The number of nitrogens with zero attached hydrogens (tertiary/aromatic N) is 3. The number of hydrogen-bond acceptors (Lipinski definition) is 6. The number of primary amides is 1. The molecule has 176 valence electrons. The third kappa shape index (κ3) is 5.77. The SMILES string of the molecule is Cc1nc2c(C(N)=O)cnn2c(C)c1CCC(=O)NCC(O)c1ccc(OC(F)(F)F)cc1. The highest BCUT2D eigenvalue weighted by molar-refractivity contribution is 5.98. The van der Waals surface area contributed by atoms with Crippen molar-refractivity contribution in [2.24, 2.45) is 5.73 Å². The summed E-state index contributed by atoms with van der Waals surface area (Å²) in [6.45, 7) is 3.44. The zero-order valence-corrected chi connectivity index (χ0v) is 17.8. The number of halogens is 3. The Morgan fingerprint density at radius 1 is 1.24 bits per heavy atom. The minimum absolute atomic E-state index is 0.101. The van der Waals surface area contributed by atoms with Gasteiger partial charge in [0, 0.05) is 24.4 Å². The van der Waals surface area contributed by atoms with Gasteiger partial charge in [-0.05, 0) is 43.5 Å². The predicted molar refractivity (Wildman–Crippen MR) is 110 cm³/mol. The van der Waals surface area contributed by atoms with Gasteiger partial charge in [-0.3, -0.25) is 9.59 Å². The number of fused-ring (bicyclic) bond motifs is 1. The van der Waals surface area contributed by atoms with Crippen molar-refractivity contribution in [2.45, 2.75) is 39.2 Å². The van der Waals surface area contributed by atoms with Crippen LogP contribution in [0.1, 0.15) is 45.4 Å². The third-order valence-corrected chi connectivity index (χ3v) is 5.07. The average Bonchev–Trinajstić information content (AvgIpc) is 3.15. The highest BCUT2D eigenvalue weighted by Gasteiger charge is 2.31. The molecule has 2 aromatic heterocycles. The normalized spacial score (nSPS) is 12.5. The molecule has 0 saturated carbocycles. The van der Waals surface area contributed by atoms with E-state index in [1.54, 1.807) is 13.8 Å². The summed E-state index contributed by atoms with van der Waals surface area (Å²) in [7, 11) is 0. The molecule has 1 atom stereocenters. The number of amides is 2. The highest BCUT2D eigenvalue weighted by Crippen LogP contribution is 2.24. The van der Waals surface area contributed by atoms with Crippen molar-refractivity contribution in [3.05, 3.63) is 58.5 Å². The summed E-state index contributed by atoms with van der Waals surface area (Å²) >= 11 is 0. The molecule has 2 amide bonds. The van der Waals surface area contributed by atoms with Gasteiger partial charge in [0.15, 0.2) is 5.65 Å². The van der Waals surface area contributed by atoms with Crippen LogP contribution in [0.5, 0.6) is 5.75 Å². The van der Waals surface area contributed by atoms with Crippen LogP contribution < -0.4 is 15.8 Å². The van der Waals surface area contributed by atoms with E-state index in [1.165, 1.54) is 22.8 Å². The Morgan fingerprint density at radius 3 is 2.52 bits per heavy atom. The van der Waals surface area contributed by atoms with Crippen LogP contribution in [0.4, 0.5) is 13.2 Å². The minimum atomic E-state index is -4.80. The fraction of sp³-hybridized carbons (Fsp3) is 0.333. The van der Waals surface area contributed by atoms with Crippen molar-refractivity contribution in [1.29, 1.82) is 0 Å². The molecule has 2 heterocycles. The molecular formula is C21H22F3N5O4. The molecule has 3 aromatic rings. The van der Waals surface area contributed by atoms with Gasteiger partial charge in [-0.1, -0.05) is 12.1 Å². The number of alkyl halides is 3. The fourth-order valence-corrected chi connectivity index (χ4v) is 3.39. The van der Waals surface area contributed by atoms with Crippen LogP contribution in [-0.4, -0.2) is 44.4 Å². The summed E-state index contributed by atoms with van der Waals surface area (Å²) in [6.07, 6.45) is -4.11. The van der Waals surface area contributed by atoms with Gasteiger partial charge in [0.05, 0.1) is 12.3 Å². The van der Waals surface area contributed by atoms with Gasteiger partial charge in [0.2, 0.25) is 5.91 Å². The highest BCUT2D eigenvalue weighted by atomic mass is 19.4. The Labute approximate surface area is 186 Å². The number of carbonyl (C=O) groups is 2. The largest absolute Gasteiger partial charge is 0.573 e. The van der Waals surface area contributed by atoms with E-state index in [9.17, 15) is 27.9 Å². The molecule has 0 spiro atoms. The van der Waals surface area contributed by atoms with Crippen LogP contribution in [0, 0.1) is 13.8 Å². The summed E-state index contributed by atoms with van der Waals surface area (Å²) in [5.74, 6) is -1.37. The molecule has 3 rings (SSSR count). The van der Waals surface area contributed by atoms with Gasteiger partial charge in [-0.25, -0.2) is 9.50 Å². The van der Waals surface area contributed by atoms with Crippen molar-refractivity contribution in [3.63, 3.8) is 0 Å². The minimum Gasteiger partial charge on any atom is -0.406 e. The summed E-state index contributed by atoms with van der Waals surface area (Å²) in [5.41, 5.74) is 8.36. The maximum atomic E-state index is 12.3. The Morgan fingerprint density at radius 2 is 1.91 bits per heavy atom. The number of aliphatic hydroxyl groups is 1. The van der Waals surface area contributed by atoms with Gasteiger partial charge in [-0.2, -0.15) is 5.10 Å². The maximum absolute atomic E-state index is 12.3. The summed E-state index contributed by atoms with van der Waals surface area (Å²) in [4.78, 5) is 28.2. The Hall–Kier alpha value is -3.67. The van der Waals surface area contributed by atoms with Crippen molar-refractivity contribution in [2.75, 3.05) is 6.54 Å². The molecule has 33 heavy (non-hydrogen) atoms. The number of rotatable bonds is 8. The van der Waals surface area contributed by atoms with Crippen LogP contribution in [0.2, 0.25) is 0 Å². The number of aliphatic hydroxyl groups excluding tert-OH is 1. The third-order valence-electron chi connectivity index (χ3n) is 5.07. The van der Waals surface area contributed by atoms with Gasteiger partial charge < -0.3 is 20.9 Å². The van der Waals surface area contributed by atoms with E-state index in [1.807, 2.05) is 0 Å². The van der Waals surface area contributed by atoms with E-state index in [0.717, 1.165) is 23.4 Å². The first-order chi connectivity index (χ1) is 15.5. The second kappa shape index (κ2) is 9.45. The number of hydrogen-bond donors (Lipinski definition) is 3. The topological polar surface area (TPSA) is 132 Å². The Balaban J connectivity index is 1.57. The molecule has 0 radical (unpaired) electrons. The van der Waals surface area contributed by atoms with Crippen LogP contribution in [0.3, 0.4) is 0 Å². The molecule has 0 aliphatic heterocycles. The van der Waals surface area contributed by atoms with E-state index < -0.39 is 24.1 Å². The van der Waals surface area contributed by atoms with Crippen LogP contribution in [0.25, 0.3) is 5.65 Å². The van der Waals surface area contributed by atoms with Crippen LogP contribution in [0.15, 0.2) is 30.5 Å². The fourth-order valence-electron chi connectivity index (χ4n) is 3.39. The van der Waals surface area contributed by atoms with Crippen molar-refractivity contribution in [3.8, 4) is 5.75 Å². The summed E-state index contributed by atoms with van der Waals surface area (Å²) < 4.78 is 41.9. The zero-order valence-electron chi connectivity index (χ0n) is 17.8. The predicted octanol–water partition coefficient (Wildman–Crippen LogP) is 2.13. The molecule has 4 N–H and O–H groups in total. The lowest BCUT2D eigenvalue weighted by molar-refractivity contribution is -0.274. The number of aromatic nitrogens is 3. The van der Waals surface area contributed by atoms with Crippen LogP contribution in [-0.2, 0) is 11.2 Å². The molecule has 9 nitrogen and oxygen atoms in total. The van der Waals surface area contributed by atoms with Gasteiger partial charge in [-0.15, -0.1) is 13.2 Å². The number of nitrogens with one attached hydrogen (secondary N) is 1. The second-order valence-corrected chi connectivity index (χ2v) is 7.36. The molecule has 0 aliphatic rings. The van der Waals surface area contributed by atoms with E-state index in [4.69, 9.17) is 5.73 Å². The number of nitrogens with two attached hydrogens (primary N) is 1. The first-order valence-electron chi connectivity index (χ1n) is 9.90. The van der Waals surface area contributed by atoms with Gasteiger partial charge in [0.25, 0.3) is 5.91 Å². The number of benzene rings is 1. The monoisotopic (exact) mass is 465 g/mol. The second-order valence-electron chi connectivity index (χ2n) is 7.36. The lowest BCUT2D eigenvalue weighted by atomic mass is 10.1. The van der Waals surface area contributed by atoms with E-state index in [-0.39, 0.29) is 24.4 Å². The van der Waals surface area contributed by atoms with E-state index >= 15 is 0 Å². The molecule has 0 aliphatic carbocycles. The Kier molecular flexibility index (Phi) is 6.86. The molecular weight excluding hydrogens is 443 g/mol. The molecule has 0 fully saturated rings. The van der Waals surface area contributed by atoms with Crippen molar-refractivity contribution < 1.29 is 32.6 Å². The van der Waals surface area contributed by atoms with Crippen molar-refractivity contribution >= 4 is 17.5 Å². The average molecular weight is 465 g/mol. The quantitative estimate of drug-likeness (QED) is 0.467. The molecule has 1 unspecified atom stereocenters. The standard InChI is InChI=1S/C21H22F3N5O4/c1-11-15(12(2)29-20(28-11)16(9-27-29)19(25)32)7-8-18(31)26-10-17(30)13-3-5-14(6-4-13)33-21(22,23)24/h3-6,9,17,30H,7-8,10H2,1-2H3,(H2,25,32)(H,26,31). The lowest BCUT2D eigenvalue weighted by Gasteiger charge is -2.14. The van der Waals surface area contributed by atoms with E-state index in [2.05, 4.69) is 20.1 Å². The van der Waals surface area contributed by atoms with Gasteiger partial charge in [0.1, 0.15) is 11.3 Å². The molecule has 1 aromatic carbocycles. The van der Waals surface area contributed by atoms with E-state index in [0.29, 0.717) is 23.3 Å². The molecule has 0 saturated heterocycles.